The minimum atomic E-state index is 1.18. The summed E-state index contributed by atoms with van der Waals surface area (Å²) < 4.78 is 1.24. The fourth-order valence-corrected chi connectivity index (χ4v) is 2.59. The summed E-state index contributed by atoms with van der Waals surface area (Å²) in [5, 5.41) is 0. The zero-order chi connectivity index (χ0) is 13.3. The Hall–Kier alpha value is -1.37. The van der Waals surface area contributed by atoms with Gasteiger partial charge in [-0.1, -0.05) is 0 Å². The average molecular weight is 316 g/mol. The van der Waals surface area contributed by atoms with Crippen LogP contribution >= 0.6 is 0 Å². The SMILES string of the molecule is [Se]=C(/C=C/C=C/C=C/c1ccccc1)N1CCCC1. The van der Waals surface area contributed by atoms with Crippen LogP contribution in [0.3, 0.4) is 0 Å². The van der Waals surface area contributed by atoms with E-state index in [0.29, 0.717) is 0 Å². The molecule has 0 amide bonds. The molecule has 0 radical (unpaired) electrons. The maximum absolute atomic E-state index is 3.14. The molecule has 1 nitrogen and oxygen atoms in total. The van der Waals surface area contributed by atoms with E-state index in [1.54, 1.807) is 0 Å². The van der Waals surface area contributed by atoms with Gasteiger partial charge in [0.15, 0.2) is 0 Å². The molecule has 1 heterocycles. The van der Waals surface area contributed by atoms with Crippen LogP contribution in [0.15, 0.2) is 60.7 Å². The summed E-state index contributed by atoms with van der Waals surface area (Å²) in [6, 6.07) is 10.3. The van der Waals surface area contributed by atoms with Crippen molar-refractivity contribution in [1.29, 1.82) is 0 Å². The van der Waals surface area contributed by atoms with Gasteiger partial charge in [-0.05, 0) is 0 Å². The molecule has 19 heavy (non-hydrogen) atoms. The van der Waals surface area contributed by atoms with Crippen molar-refractivity contribution in [1.82, 2.24) is 4.90 Å². The van der Waals surface area contributed by atoms with Crippen LogP contribution in [-0.2, 0) is 0 Å². The van der Waals surface area contributed by atoms with E-state index in [1.807, 2.05) is 18.2 Å². The van der Waals surface area contributed by atoms with E-state index in [1.165, 1.54) is 36.0 Å². The monoisotopic (exact) mass is 317 g/mol. The zero-order valence-corrected chi connectivity index (χ0v) is 12.7. The van der Waals surface area contributed by atoms with Gasteiger partial charge in [-0.2, -0.15) is 0 Å². The van der Waals surface area contributed by atoms with E-state index in [9.17, 15) is 0 Å². The Labute approximate surface area is 123 Å². The first-order chi connectivity index (χ1) is 9.36. The van der Waals surface area contributed by atoms with Gasteiger partial charge in [0.25, 0.3) is 0 Å². The fourth-order valence-electron chi connectivity index (χ4n) is 2.04. The van der Waals surface area contributed by atoms with Crippen LogP contribution in [0.25, 0.3) is 6.08 Å². The Morgan fingerprint density at radius 1 is 0.947 bits per heavy atom. The van der Waals surface area contributed by atoms with Crippen molar-refractivity contribution in [2.75, 3.05) is 13.1 Å². The molecule has 0 aromatic heterocycles. The molecule has 2 heteroatoms. The van der Waals surface area contributed by atoms with Crippen molar-refractivity contribution in [3.8, 4) is 0 Å². The van der Waals surface area contributed by atoms with Crippen molar-refractivity contribution in [2.24, 2.45) is 0 Å². The molecule has 2 rings (SSSR count). The topological polar surface area (TPSA) is 3.24 Å². The second-order valence-corrected chi connectivity index (χ2v) is 5.42. The molecule has 1 fully saturated rings. The first-order valence-electron chi connectivity index (χ1n) is 6.71. The summed E-state index contributed by atoms with van der Waals surface area (Å²) >= 11 is 3.14. The van der Waals surface area contributed by atoms with E-state index in [-0.39, 0.29) is 0 Å². The predicted molar refractivity (Wildman–Crippen MR) is 85.3 cm³/mol. The minimum absolute atomic E-state index is 1.18. The van der Waals surface area contributed by atoms with Crippen LogP contribution in [0.5, 0.6) is 0 Å². The summed E-state index contributed by atoms with van der Waals surface area (Å²) in [7, 11) is 0. The molecular weight excluding hydrogens is 297 g/mol. The molecule has 0 atom stereocenters. The van der Waals surface area contributed by atoms with E-state index in [2.05, 4.69) is 69.1 Å². The van der Waals surface area contributed by atoms with Gasteiger partial charge in [0.1, 0.15) is 0 Å². The summed E-state index contributed by atoms with van der Waals surface area (Å²) in [4.78, 5) is 2.39. The first-order valence-corrected chi connectivity index (χ1v) is 7.57. The van der Waals surface area contributed by atoms with E-state index in [0.717, 1.165) is 0 Å². The molecule has 0 spiro atoms. The van der Waals surface area contributed by atoms with Crippen LogP contribution in [0.1, 0.15) is 18.4 Å². The summed E-state index contributed by atoms with van der Waals surface area (Å²) in [5.74, 6) is 0. The summed E-state index contributed by atoms with van der Waals surface area (Å²) in [6.45, 7) is 2.37. The standard InChI is InChI=1S/C17H19NSe/c19-17(18-14-8-9-15-18)13-7-2-1-4-10-16-11-5-3-6-12-16/h1-7,10-13H,8-9,14-15H2/b2-1+,10-4+,13-7+. The fraction of sp³-hybridized carbons (Fsp3) is 0.235. The number of likely N-dealkylation sites (tertiary alicyclic amines) is 1. The van der Waals surface area contributed by atoms with Crippen LogP contribution < -0.4 is 0 Å². The molecule has 0 unspecified atom stereocenters. The van der Waals surface area contributed by atoms with Gasteiger partial charge in [-0.3, -0.25) is 0 Å². The number of allylic oxidation sites excluding steroid dienone is 4. The molecule has 0 N–H and O–H groups in total. The third-order valence-corrected chi connectivity index (χ3v) is 3.91. The van der Waals surface area contributed by atoms with Crippen LogP contribution in [0.4, 0.5) is 0 Å². The zero-order valence-electron chi connectivity index (χ0n) is 11.0. The van der Waals surface area contributed by atoms with Crippen LogP contribution in [0, 0.1) is 0 Å². The Balaban J connectivity index is 1.77. The molecule has 0 aliphatic carbocycles. The molecular formula is C17H19NSe. The molecule has 1 aromatic carbocycles. The van der Waals surface area contributed by atoms with Gasteiger partial charge >= 0.3 is 123 Å². The van der Waals surface area contributed by atoms with E-state index >= 15 is 0 Å². The average Bonchev–Trinajstić information content (AvgIpc) is 2.98. The summed E-state index contributed by atoms with van der Waals surface area (Å²) in [6.07, 6.45) is 15.1. The third kappa shape index (κ3) is 5.02. The number of hydrogen-bond acceptors (Lipinski definition) is 1. The first kappa shape index (κ1) is 14.0. The number of rotatable bonds is 5. The van der Waals surface area contributed by atoms with Crippen LogP contribution in [0.2, 0.25) is 0 Å². The predicted octanol–water partition coefficient (Wildman–Crippen LogP) is 3.21. The Morgan fingerprint density at radius 2 is 1.63 bits per heavy atom. The van der Waals surface area contributed by atoms with Gasteiger partial charge in [0.05, 0.1) is 0 Å². The summed E-state index contributed by atoms with van der Waals surface area (Å²) in [5.41, 5.74) is 1.23. The Bertz CT molecular complexity index is 479. The van der Waals surface area contributed by atoms with Crippen molar-refractivity contribution in [3.63, 3.8) is 0 Å². The number of nitrogens with zero attached hydrogens (tertiary/aromatic N) is 1. The second-order valence-electron chi connectivity index (χ2n) is 4.55. The van der Waals surface area contributed by atoms with Crippen molar-refractivity contribution in [3.05, 3.63) is 66.3 Å². The molecule has 1 saturated heterocycles. The van der Waals surface area contributed by atoms with E-state index < -0.39 is 0 Å². The van der Waals surface area contributed by atoms with E-state index in [4.69, 9.17) is 0 Å². The van der Waals surface area contributed by atoms with Crippen molar-refractivity contribution < 1.29 is 0 Å². The molecule has 0 saturated carbocycles. The van der Waals surface area contributed by atoms with Gasteiger partial charge in [0.2, 0.25) is 0 Å². The number of hydrogen-bond donors (Lipinski definition) is 0. The quantitative estimate of drug-likeness (QED) is 0.596. The van der Waals surface area contributed by atoms with Gasteiger partial charge in [-0.15, -0.1) is 0 Å². The van der Waals surface area contributed by atoms with Gasteiger partial charge in [-0.25, -0.2) is 0 Å². The van der Waals surface area contributed by atoms with Crippen molar-refractivity contribution >= 4 is 26.2 Å². The third-order valence-electron chi connectivity index (χ3n) is 3.08. The number of benzene rings is 1. The Morgan fingerprint density at radius 3 is 2.37 bits per heavy atom. The molecule has 1 aliphatic rings. The molecule has 0 bridgehead atoms. The van der Waals surface area contributed by atoms with Crippen LogP contribution in [-0.4, -0.2) is 38.1 Å². The normalized spacial score (nSPS) is 16.1. The maximum atomic E-state index is 3.14. The van der Waals surface area contributed by atoms with Gasteiger partial charge < -0.3 is 0 Å². The molecule has 98 valence electrons. The Kier molecular flexibility index (Phi) is 5.86. The second kappa shape index (κ2) is 7.93. The van der Waals surface area contributed by atoms with Gasteiger partial charge in [0, 0.05) is 0 Å². The van der Waals surface area contributed by atoms with Crippen molar-refractivity contribution in [2.45, 2.75) is 12.8 Å². The molecule has 1 aliphatic heterocycles. The molecule has 1 aromatic rings.